The van der Waals surface area contributed by atoms with E-state index in [0.717, 1.165) is 95.3 Å². The van der Waals surface area contributed by atoms with Crippen molar-refractivity contribution >= 4 is 75.5 Å². The van der Waals surface area contributed by atoms with Gasteiger partial charge in [-0.3, -0.25) is 0 Å². The molecule has 0 saturated carbocycles. The van der Waals surface area contributed by atoms with E-state index in [0.29, 0.717) is 22.3 Å². The molecule has 2 heterocycles. The highest BCUT2D eigenvalue weighted by molar-refractivity contribution is 7.23. The van der Waals surface area contributed by atoms with Crippen molar-refractivity contribution in [3.63, 3.8) is 0 Å². The summed E-state index contributed by atoms with van der Waals surface area (Å²) in [5.74, 6) is 0. The van der Waals surface area contributed by atoms with E-state index in [9.17, 15) is 26.3 Å². The van der Waals surface area contributed by atoms with E-state index in [-0.39, 0.29) is 0 Å². The first-order valence-electron chi connectivity index (χ1n) is 18.0. The zero-order valence-electron chi connectivity index (χ0n) is 29.6. The van der Waals surface area contributed by atoms with Crippen molar-refractivity contribution in [3.8, 4) is 20.9 Å². The van der Waals surface area contributed by atoms with Gasteiger partial charge in [0.15, 0.2) is 0 Å². The van der Waals surface area contributed by atoms with Gasteiger partial charge in [0.2, 0.25) is 0 Å². The van der Waals surface area contributed by atoms with Gasteiger partial charge in [0.05, 0.1) is 11.1 Å². The number of rotatable bonds is 2. The lowest BCUT2D eigenvalue weighted by Crippen LogP contribution is -2.16. The molecular weight excluding hydrogens is 755 g/mol. The Kier molecular flexibility index (Phi) is 6.86. The largest absolute Gasteiger partial charge is 0.416 e. The number of thiophene rings is 2. The molecule has 0 bridgehead atoms. The van der Waals surface area contributed by atoms with Crippen molar-refractivity contribution < 1.29 is 26.3 Å². The Morgan fingerprint density at radius 1 is 0.429 bits per heavy atom. The van der Waals surface area contributed by atoms with Gasteiger partial charge in [-0.15, -0.1) is 22.7 Å². The number of fused-ring (bicyclic) bond motifs is 12. The Hall–Kier alpha value is -5.70. The molecule has 56 heavy (non-hydrogen) atoms. The second-order valence-corrected chi connectivity index (χ2v) is 17.0. The Morgan fingerprint density at radius 3 is 1.18 bits per heavy atom. The predicted octanol–water partition coefficient (Wildman–Crippen LogP) is 13.5. The average molecular weight is 781 g/mol. The first-order chi connectivity index (χ1) is 26.8. The molecule has 9 aromatic rings. The summed E-state index contributed by atoms with van der Waals surface area (Å²) < 4.78 is 88.4. The standard InChI is InChI=1S/C48H26F6S2/c1-23-11-29(15-31(13-23)47(49,50)51)41-33-21-36-34(22-35(33)45-43(41)37-17-25-7-3-5-9-27(25)19-39(37)55-45)42(30-12-24(2)14-32(16-30)48(52,53)54)44-38-18-26-8-4-6-10-28(26)20-40(38)56-46(36)44/h3-22H,1-2H3. The maximum Gasteiger partial charge on any atom is 0.416 e. The zero-order chi connectivity index (χ0) is 38.4. The maximum atomic E-state index is 14.4. The molecule has 0 fully saturated rings. The third-order valence-electron chi connectivity index (χ3n) is 11.2. The topological polar surface area (TPSA) is 0 Å². The van der Waals surface area contributed by atoms with Gasteiger partial charge < -0.3 is 0 Å². The molecule has 0 atom stereocenters. The van der Waals surface area contributed by atoms with Gasteiger partial charge in [-0.1, -0.05) is 60.7 Å². The second kappa shape index (κ2) is 11.4. The summed E-state index contributed by atoms with van der Waals surface area (Å²) >= 11 is 3.20. The van der Waals surface area contributed by atoms with Gasteiger partial charge in [0, 0.05) is 52.2 Å². The van der Waals surface area contributed by atoms with E-state index >= 15 is 0 Å². The molecule has 0 nitrogen and oxygen atoms in total. The molecule has 0 unspecified atom stereocenters. The van der Waals surface area contributed by atoms with Gasteiger partial charge >= 0.3 is 12.4 Å². The highest BCUT2D eigenvalue weighted by atomic mass is 32.1. The minimum atomic E-state index is -4.54. The Labute approximate surface area is 323 Å². The normalized spacial score (nSPS) is 13.6. The van der Waals surface area contributed by atoms with Crippen molar-refractivity contribution in [2.75, 3.05) is 0 Å². The predicted molar refractivity (Wildman–Crippen MR) is 218 cm³/mol. The van der Waals surface area contributed by atoms with Crippen molar-refractivity contribution in [1.82, 2.24) is 0 Å². The number of benzene rings is 7. The molecule has 2 aliphatic carbocycles. The fraction of sp³-hybridized carbons (Fsp3) is 0.0833. The summed E-state index contributed by atoms with van der Waals surface area (Å²) in [6.07, 6.45) is -9.09. The summed E-state index contributed by atoms with van der Waals surface area (Å²) in [5, 5.41) is 7.71. The van der Waals surface area contributed by atoms with Crippen molar-refractivity contribution in [1.29, 1.82) is 0 Å². The third-order valence-corrected chi connectivity index (χ3v) is 13.6. The van der Waals surface area contributed by atoms with Crippen LogP contribution < -0.4 is 10.4 Å². The van der Waals surface area contributed by atoms with E-state index in [1.54, 1.807) is 36.5 Å². The number of alkyl halides is 6. The van der Waals surface area contributed by atoms with Gasteiger partial charge in [-0.05, 0) is 140 Å². The Bertz CT molecular complexity index is 3130. The molecular formula is C48H26F6S2. The van der Waals surface area contributed by atoms with E-state index in [1.165, 1.54) is 24.3 Å². The lowest BCUT2D eigenvalue weighted by atomic mass is 9.93. The summed E-state index contributed by atoms with van der Waals surface area (Å²) in [5.41, 5.74) is 5.46. The Morgan fingerprint density at radius 2 is 0.804 bits per heavy atom. The van der Waals surface area contributed by atoms with Crippen LogP contribution in [0.5, 0.6) is 0 Å². The molecule has 0 spiro atoms. The Balaban J connectivity index is 1.30. The number of hydrogen-bond donors (Lipinski definition) is 0. The van der Waals surface area contributed by atoms with Crippen LogP contribution in [0.25, 0.3) is 73.7 Å². The molecule has 0 saturated heterocycles. The van der Waals surface area contributed by atoms with Crippen molar-refractivity contribution in [2.45, 2.75) is 26.2 Å². The first kappa shape index (κ1) is 33.6. The minimum absolute atomic E-state index is 0.476. The van der Waals surface area contributed by atoms with E-state index < -0.39 is 23.5 Å². The van der Waals surface area contributed by atoms with Crippen molar-refractivity contribution in [3.05, 3.63) is 176 Å². The monoisotopic (exact) mass is 780 g/mol. The second-order valence-electron chi connectivity index (χ2n) is 14.9. The SMILES string of the molecule is Cc1cc(C2=c3cc4c(cc3-c3sc5cc6ccccc6cc5c32)=C(c2cc(C)cc(C(F)(F)F)c2)c2c-4sc3cc4ccccc4cc23)cc(C(F)(F)F)c1. The van der Waals surface area contributed by atoms with Crippen LogP contribution in [0.3, 0.4) is 0 Å². The average Bonchev–Trinajstić information content (AvgIpc) is 3.87. The highest BCUT2D eigenvalue weighted by Gasteiger charge is 2.36. The van der Waals surface area contributed by atoms with Crippen LogP contribution >= 0.6 is 22.7 Å². The van der Waals surface area contributed by atoms with Crippen LogP contribution in [0.15, 0.2) is 121 Å². The molecule has 8 heteroatoms. The zero-order valence-corrected chi connectivity index (χ0v) is 31.3. The van der Waals surface area contributed by atoms with Crippen LogP contribution in [-0.2, 0) is 12.4 Å². The molecule has 7 aromatic carbocycles. The lowest BCUT2D eigenvalue weighted by Gasteiger charge is -2.13. The third kappa shape index (κ3) is 4.91. The summed E-state index contributed by atoms with van der Waals surface area (Å²) in [6, 6.07) is 37.2. The first-order valence-corrected chi connectivity index (χ1v) is 19.7. The van der Waals surface area contributed by atoms with Crippen LogP contribution in [-0.4, -0.2) is 0 Å². The number of halogens is 6. The van der Waals surface area contributed by atoms with E-state index in [2.05, 4.69) is 36.4 Å². The molecule has 2 aliphatic rings. The van der Waals surface area contributed by atoms with Crippen LogP contribution in [0, 0.1) is 13.8 Å². The summed E-state index contributed by atoms with van der Waals surface area (Å²) in [6.45, 7) is 3.37. The smallest absolute Gasteiger partial charge is 0.166 e. The van der Waals surface area contributed by atoms with E-state index in [1.807, 2.05) is 60.7 Å². The van der Waals surface area contributed by atoms with Crippen LogP contribution in [0.1, 0.15) is 44.5 Å². The van der Waals surface area contributed by atoms with Crippen LogP contribution in [0.4, 0.5) is 26.3 Å². The minimum Gasteiger partial charge on any atom is -0.166 e. The molecule has 0 N–H and O–H groups in total. The summed E-state index contributed by atoms with van der Waals surface area (Å²) in [7, 11) is 0. The quantitative estimate of drug-likeness (QED) is 0.153. The van der Waals surface area contributed by atoms with Gasteiger partial charge in [0.1, 0.15) is 0 Å². The molecule has 0 amide bonds. The fourth-order valence-electron chi connectivity index (χ4n) is 8.88. The van der Waals surface area contributed by atoms with Crippen molar-refractivity contribution in [2.24, 2.45) is 0 Å². The van der Waals surface area contributed by atoms with E-state index in [4.69, 9.17) is 0 Å². The van der Waals surface area contributed by atoms with Gasteiger partial charge in [-0.2, -0.15) is 26.3 Å². The highest BCUT2D eigenvalue weighted by Crippen LogP contribution is 2.51. The van der Waals surface area contributed by atoms with Gasteiger partial charge in [-0.25, -0.2) is 0 Å². The molecule has 272 valence electrons. The lowest BCUT2D eigenvalue weighted by molar-refractivity contribution is -0.138. The van der Waals surface area contributed by atoms with Crippen LogP contribution in [0.2, 0.25) is 0 Å². The molecule has 2 aromatic heterocycles. The summed E-state index contributed by atoms with van der Waals surface area (Å²) in [4.78, 5) is 1.87. The van der Waals surface area contributed by atoms with Gasteiger partial charge in [0.25, 0.3) is 0 Å². The maximum absolute atomic E-state index is 14.4. The fourth-order valence-corrected chi connectivity index (χ4v) is 11.4. The molecule has 0 radical (unpaired) electrons. The number of aryl methyl sites for hydroxylation is 2. The molecule has 0 aliphatic heterocycles. The number of hydrogen-bond acceptors (Lipinski definition) is 2. The molecule has 11 rings (SSSR count).